The minimum Gasteiger partial charge on any atom is -0.0616 e. The molecule has 160 valence electrons. The van der Waals surface area contributed by atoms with Gasteiger partial charge in [-0.05, 0) is 85.3 Å². The first-order chi connectivity index (χ1) is 16.7. The van der Waals surface area contributed by atoms with Crippen LogP contribution in [0, 0.1) is 13.8 Å². The molecule has 0 bridgehead atoms. The minimum atomic E-state index is 1.27. The van der Waals surface area contributed by atoms with Gasteiger partial charge in [0.2, 0.25) is 0 Å². The maximum absolute atomic E-state index is 2.32. The molecule has 7 aromatic rings. The molecule has 0 heteroatoms. The van der Waals surface area contributed by atoms with Gasteiger partial charge in [0, 0.05) is 0 Å². The van der Waals surface area contributed by atoms with E-state index in [1.807, 2.05) is 0 Å². The second kappa shape index (κ2) is 7.17. The highest BCUT2D eigenvalue weighted by Crippen LogP contribution is 2.42. The summed E-state index contributed by atoms with van der Waals surface area (Å²) in [6.07, 6.45) is 0. The second-order valence-corrected chi connectivity index (χ2v) is 9.59. The predicted octanol–water partition coefficient (Wildman–Crippen LogP) is 9.69. The summed E-state index contributed by atoms with van der Waals surface area (Å²) in [5, 5.41) is 10.6. The molecule has 0 fully saturated rings. The first-order valence-corrected chi connectivity index (χ1v) is 11.9. The fraction of sp³-hybridized carbons (Fsp3) is 0.0588. The van der Waals surface area contributed by atoms with Crippen LogP contribution >= 0.6 is 0 Å². The van der Waals surface area contributed by atoms with E-state index in [0.29, 0.717) is 0 Å². The van der Waals surface area contributed by atoms with E-state index in [4.69, 9.17) is 0 Å². The average molecular weight is 433 g/mol. The lowest BCUT2D eigenvalue weighted by Crippen LogP contribution is -1.90. The van der Waals surface area contributed by atoms with Gasteiger partial charge in [0.15, 0.2) is 0 Å². The summed E-state index contributed by atoms with van der Waals surface area (Å²) in [6.45, 7) is 4.37. The molecule has 0 saturated carbocycles. The summed E-state index contributed by atoms with van der Waals surface area (Å²) in [7, 11) is 0. The van der Waals surface area contributed by atoms with Crippen LogP contribution in [-0.2, 0) is 0 Å². The summed E-state index contributed by atoms with van der Waals surface area (Å²) in [6, 6.07) is 40.6. The Balaban J connectivity index is 1.55. The van der Waals surface area contributed by atoms with Crippen LogP contribution in [0.5, 0.6) is 0 Å². The van der Waals surface area contributed by atoms with E-state index < -0.39 is 0 Å². The molecular formula is C34H24. The molecule has 0 unspecified atom stereocenters. The lowest BCUT2D eigenvalue weighted by molar-refractivity contribution is 1.39. The van der Waals surface area contributed by atoms with Crippen molar-refractivity contribution in [3.05, 3.63) is 120 Å². The standard InChI is InChI=1S/C34H24/c1-21-17-22(2)19-28(18-21)30-14-10-25-11-15-31-29(13-9-24-12-16-32(30)34(25)33(24)31)27-8-7-23-5-3-4-6-26(23)20-27/h3-20H,1-2H3. The van der Waals surface area contributed by atoms with Crippen LogP contribution in [0.25, 0.3) is 65.3 Å². The molecule has 0 aliphatic carbocycles. The van der Waals surface area contributed by atoms with Gasteiger partial charge in [-0.1, -0.05) is 114 Å². The van der Waals surface area contributed by atoms with Crippen LogP contribution in [0.2, 0.25) is 0 Å². The van der Waals surface area contributed by atoms with E-state index in [-0.39, 0.29) is 0 Å². The SMILES string of the molecule is Cc1cc(C)cc(-c2ccc3ccc4c(-c5ccc6ccccc6c5)ccc5ccc2c3c54)c1. The number of rotatable bonds is 2. The second-order valence-electron chi connectivity index (χ2n) is 9.59. The normalized spacial score (nSPS) is 11.8. The lowest BCUT2D eigenvalue weighted by Gasteiger charge is -2.17. The topological polar surface area (TPSA) is 0 Å². The van der Waals surface area contributed by atoms with Crippen molar-refractivity contribution in [1.29, 1.82) is 0 Å². The summed E-state index contributed by atoms with van der Waals surface area (Å²) in [5.74, 6) is 0. The Morgan fingerprint density at radius 3 is 1.56 bits per heavy atom. The molecular weight excluding hydrogens is 408 g/mol. The Bertz CT molecular complexity index is 1850. The van der Waals surface area contributed by atoms with Gasteiger partial charge >= 0.3 is 0 Å². The number of benzene rings is 7. The zero-order chi connectivity index (χ0) is 22.8. The van der Waals surface area contributed by atoms with Crippen molar-refractivity contribution in [2.24, 2.45) is 0 Å². The Hall–Kier alpha value is -4.16. The fourth-order valence-corrected chi connectivity index (χ4v) is 5.79. The molecule has 0 spiro atoms. The van der Waals surface area contributed by atoms with Crippen LogP contribution in [0.3, 0.4) is 0 Å². The molecule has 7 rings (SSSR count). The summed E-state index contributed by atoms with van der Waals surface area (Å²) in [4.78, 5) is 0. The largest absolute Gasteiger partial charge is 0.0616 e. The van der Waals surface area contributed by atoms with Gasteiger partial charge in [0.1, 0.15) is 0 Å². The zero-order valence-corrected chi connectivity index (χ0v) is 19.4. The average Bonchev–Trinajstić information content (AvgIpc) is 2.86. The molecule has 7 aromatic carbocycles. The van der Waals surface area contributed by atoms with Crippen LogP contribution < -0.4 is 0 Å². The van der Waals surface area contributed by atoms with Gasteiger partial charge in [0.05, 0.1) is 0 Å². The molecule has 0 aromatic heterocycles. The minimum absolute atomic E-state index is 1.27. The monoisotopic (exact) mass is 432 g/mol. The number of aryl methyl sites for hydroxylation is 2. The molecule has 0 atom stereocenters. The molecule has 0 aliphatic rings. The molecule has 0 nitrogen and oxygen atoms in total. The van der Waals surface area contributed by atoms with E-state index in [9.17, 15) is 0 Å². The van der Waals surface area contributed by atoms with E-state index in [0.717, 1.165) is 0 Å². The number of hydrogen-bond donors (Lipinski definition) is 0. The van der Waals surface area contributed by atoms with Crippen molar-refractivity contribution < 1.29 is 0 Å². The maximum atomic E-state index is 2.32. The van der Waals surface area contributed by atoms with E-state index >= 15 is 0 Å². The van der Waals surface area contributed by atoms with Crippen molar-refractivity contribution in [2.45, 2.75) is 13.8 Å². The highest BCUT2D eigenvalue weighted by atomic mass is 14.2. The fourth-order valence-electron chi connectivity index (χ4n) is 5.79. The van der Waals surface area contributed by atoms with E-state index in [1.165, 1.54) is 76.5 Å². The van der Waals surface area contributed by atoms with E-state index in [2.05, 4.69) is 123 Å². The van der Waals surface area contributed by atoms with Crippen LogP contribution in [0.1, 0.15) is 11.1 Å². The lowest BCUT2D eigenvalue weighted by atomic mass is 9.86. The summed E-state index contributed by atoms with van der Waals surface area (Å²) in [5.41, 5.74) is 7.78. The van der Waals surface area contributed by atoms with Crippen LogP contribution in [0.15, 0.2) is 109 Å². The summed E-state index contributed by atoms with van der Waals surface area (Å²) >= 11 is 0. The molecule has 0 saturated heterocycles. The molecule has 34 heavy (non-hydrogen) atoms. The Morgan fingerprint density at radius 1 is 0.382 bits per heavy atom. The third-order valence-electron chi connectivity index (χ3n) is 7.26. The zero-order valence-electron chi connectivity index (χ0n) is 19.4. The maximum Gasteiger partial charge on any atom is -0.00203 e. The van der Waals surface area contributed by atoms with Gasteiger partial charge in [-0.3, -0.25) is 0 Å². The van der Waals surface area contributed by atoms with Crippen LogP contribution in [0.4, 0.5) is 0 Å². The molecule has 0 N–H and O–H groups in total. The molecule has 0 amide bonds. The Kier molecular flexibility index (Phi) is 4.07. The van der Waals surface area contributed by atoms with Gasteiger partial charge < -0.3 is 0 Å². The van der Waals surface area contributed by atoms with Crippen molar-refractivity contribution in [3.8, 4) is 22.3 Å². The molecule has 0 aliphatic heterocycles. The third kappa shape index (κ3) is 2.85. The van der Waals surface area contributed by atoms with E-state index in [1.54, 1.807) is 0 Å². The number of fused-ring (bicyclic) bond motifs is 1. The third-order valence-corrected chi connectivity index (χ3v) is 7.26. The highest BCUT2D eigenvalue weighted by Gasteiger charge is 2.15. The van der Waals surface area contributed by atoms with Gasteiger partial charge in [-0.25, -0.2) is 0 Å². The van der Waals surface area contributed by atoms with Crippen molar-refractivity contribution in [3.63, 3.8) is 0 Å². The number of hydrogen-bond acceptors (Lipinski definition) is 0. The summed E-state index contributed by atoms with van der Waals surface area (Å²) < 4.78 is 0. The Labute approximate surface area is 199 Å². The van der Waals surface area contributed by atoms with Gasteiger partial charge in [-0.15, -0.1) is 0 Å². The van der Waals surface area contributed by atoms with Crippen molar-refractivity contribution in [2.75, 3.05) is 0 Å². The Morgan fingerprint density at radius 2 is 0.912 bits per heavy atom. The first kappa shape index (κ1) is 19.3. The first-order valence-electron chi connectivity index (χ1n) is 11.9. The van der Waals surface area contributed by atoms with Gasteiger partial charge in [-0.2, -0.15) is 0 Å². The molecule has 0 heterocycles. The van der Waals surface area contributed by atoms with Crippen molar-refractivity contribution in [1.82, 2.24) is 0 Å². The van der Waals surface area contributed by atoms with Gasteiger partial charge in [0.25, 0.3) is 0 Å². The predicted molar refractivity (Wildman–Crippen MR) is 148 cm³/mol. The molecule has 0 radical (unpaired) electrons. The van der Waals surface area contributed by atoms with Crippen LogP contribution in [-0.4, -0.2) is 0 Å². The smallest absolute Gasteiger partial charge is 0.00203 e. The quantitative estimate of drug-likeness (QED) is 0.239. The highest BCUT2D eigenvalue weighted by molar-refractivity contribution is 6.27. The van der Waals surface area contributed by atoms with Crippen molar-refractivity contribution >= 4 is 43.1 Å².